The molecule has 0 radical (unpaired) electrons. The van der Waals surface area contributed by atoms with E-state index in [-0.39, 0.29) is 34.6 Å². The Bertz CT molecular complexity index is 892. The number of anilines is 2. The number of fused-ring (bicyclic) bond motifs is 1. The van der Waals surface area contributed by atoms with Gasteiger partial charge in [-0.05, 0) is 44.5 Å². The topological polar surface area (TPSA) is 70.0 Å². The number of benzene rings is 1. The van der Waals surface area contributed by atoms with Crippen molar-refractivity contribution in [1.82, 2.24) is 0 Å². The molecule has 2 heterocycles. The highest BCUT2D eigenvalue weighted by Gasteiger charge is 2.49. The molecule has 0 N–H and O–H groups in total. The van der Waals surface area contributed by atoms with Crippen molar-refractivity contribution in [2.24, 2.45) is 10.9 Å². The van der Waals surface area contributed by atoms with Crippen LogP contribution in [0.2, 0.25) is 0 Å². The summed E-state index contributed by atoms with van der Waals surface area (Å²) in [6.07, 6.45) is 0. The Morgan fingerprint density at radius 2 is 1.96 bits per heavy atom. The molecule has 1 amide bonds. The van der Waals surface area contributed by atoms with Gasteiger partial charge in [0.25, 0.3) is 5.91 Å². The van der Waals surface area contributed by atoms with E-state index in [1.807, 2.05) is 31.7 Å². The minimum Gasteiger partial charge on any atom is -0.372 e. The van der Waals surface area contributed by atoms with Gasteiger partial charge in [0, 0.05) is 35.6 Å². The number of nitrogens with zero attached hydrogens (tertiary/aromatic N) is 3. The van der Waals surface area contributed by atoms with E-state index in [9.17, 15) is 13.2 Å². The summed E-state index contributed by atoms with van der Waals surface area (Å²) in [4.78, 5) is 20.9. The van der Waals surface area contributed by atoms with Crippen LogP contribution in [0.4, 0.5) is 11.4 Å². The van der Waals surface area contributed by atoms with Crippen LogP contribution in [0.15, 0.2) is 23.2 Å². The number of sulfone groups is 1. The first-order valence-electron chi connectivity index (χ1n) is 9.81. The molecule has 2 aliphatic heterocycles. The van der Waals surface area contributed by atoms with Crippen molar-refractivity contribution < 1.29 is 13.2 Å². The molecule has 0 aromatic heterocycles. The molecule has 0 aliphatic carbocycles. The second-order valence-corrected chi connectivity index (χ2v) is 11.1. The van der Waals surface area contributed by atoms with E-state index in [1.54, 1.807) is 0 Å². The second-order valence-electron chi connectivity index (χ2n) is 7.70. The average molecular weight is 424 g/mol. The lowest BCUT2D eigenvalue weighted by molar-refractivity contribution is -0.120. The number of amidine groups is 1. The van der Waals surface area contributed by atoms with E-state index in [2.05, 4.69) is 35.9 Å². The highest BCUT2D eigenvalue weighted by atomic mass is 32.2. The van der Waals surface area contributed by atoms with Crippen molar-refractivity contribution in [2.75, 3.05) is 34.4 Å². The van der Waals surface area contributed by atoms with Gasteiger partial charge in [0.05, 0.1) is 17.5 Å². The normalized spacial score (nSPS) is 24.8. The standard InChI is InChI=1S/C20H29N3O3S2/c1-6-22(7-2)15-8-9-16(14(5)10-15)23-17-11-28(25,26)12-18(17)27-20(23)21-19(24)13(3)4/h8-10,13,17-18H,6-7,11-12H2,1-5H3/t17-,18+/m1/s1. The van der Waals surface area contributed by atoms with Crippen LogP contribution in [0.3, 0.4) is 0 Å². The molecule has 2 aliphatic rings. The molecule has 0 spiro atoms. The molecule has 0 unspecified atom stereocenters. The van der Waals surface area contributed by atoms with E-state index < -0.39 is 9.84 Å². The molecule has 6 nitrogen and oxygen atoms in total. The molecule has 3 rings (SSSR count). The first-order valence-corrected chi connectivity index (χ1v) is 12.5. The van der Waals surface area contributed by atoms with Crippen molar-refractivity contribution in [3.05, 3.63) is 23.8 Å². The summed E-state index contributed by atoms with van der Waals surface area (Å²) in [7, 11) is -3.07. The Kier molecular flexibility index (Phi) is 6.10. The lowest BCUT2D eigenvalue weighted by atomic mass is 10.1. The summed E-state index contributed by atoms with van der Waals surface area (Å²) >= 11 is 1.43. The smallest absolute Gasteiger partial charge is 0.250 e. The fourth-order valence-electron chi connectivity index (χ4n) is 3.76. The summed E-state index contributed by atoms with van der Waals surface area (Å²) in [6.45, 7) is 11.8. The van der Waals surface area contributed by atoms with Crippen LogP contribution in [0, 0.1) is 12.8 Å². The summed E-state index contributed by atoms with van der Waals surface area (Å²) in [5.41, 5.74) is 3.13. The van der Waals surface area contributed by atoms with Crippen molar-refractivity contribution in [3.8, 4) is 0 Å². The minimum absolute atomic E-state index is 0.0782. The Labute approximate surface area is 172 Å². The lowest BCUT2D eigenvalue weighted by Gasteiger charge is -2.28. The first kappa shape index (κ1) is 21.2. The number of carbonyl (C=O) groups excluding carboxylic acids is 1. The van der Waals surface area contributed by atoms with Gasteiger partial charge in [-0.1, -0.05) is 25.6 Å². The van der Waals surface area contributed by atoms with Gasteiger partial charge in [-0.25, -0.2) is 8.42 Å². The first-order chi connectivity index (χ1) is 13.2. The number of rotatable bonds is 5. The van der Waals surface area contributed by atoms with Gasteiger partial charge in [0.2, 0.25) is 0 Å². The summed E-state index contributed by atoms with van der Waals surface area (Å²) in [5.74, 6) is -0.112. The molecular weight excluding hydrogens is 394 g/mol. The number of aryl methyl sites for hydroxylation is 1. The molecule has 0 bridgehead atoms. The summed E-state index contributed by atoms with van der Waals surface area (Å²) in [5, 5.41) is 0.549. The van der Waals surface area contributed by atoms with E-state index in [0.29, 0.717) is 5.17 Å². The number of hydrogen-bond donors (Lipinski definition) is 0. The van der Waals surface area contributed by atoms with Crippen LogP contribution in [0.5, 0.6) is 0 Å². The molecule has 1 aromatic carbocycles. The molecule has 2 fully saturated rings. The van der Waals surface area contributed by atoms with Crippen LogP contribution in [0.1, 0.15) is 33.3 Å². The van der Waals surface area contributed by atoms with Gasteiger partial charge in [-0.2, -0.15) is 4.99 Å². The summed E-state index contributed by atoms with van der Waals surface area (Å²) < 4.78 is 24.4. The fraction of sp³-hybridized carbons (Fsp3) is 0.600. The molecule has 28 heavy (non-hydrogen) atoms. The maximum Gasteiger partial charge on any atom is 0.250 e. The molecule has 1 aromatic rings. The largest absolute Gasteiger partial charge is 0.372 e. The Morgan fingerprint density at radius 1 is 1.29 bits per heavy atom. The van der Waals surface area contributed by atoms with E-state index >= 15 is 0 Å². The second kappa shape index (κ2) is 8.06. The van der Waals surface area contributed by atoms with E-state index in [1.165, 1.54) is 11.8 Å². The zero-order valence-electron chi connectivity index (χ0n) is 17.2. The third kappa shape index (κ3) is 4.08. The van der Waals surface area contributed by atoms with Crippen molar-refractivity contribution >= 4 is 44.0 Å². The zero-order chi connectivity index (χ0) is 20.6. The molecule has 8 heteroatoms. The van der Waals surface area contributed by atoms with E-state index in [0.717, 1.165) is 30.0 Å². The van der Waals surface area contributed by atoms with Crippen molar-refractivity contribution in [2.45, 2.75) is 45.9 Å². The number of carbonyl (C=O) groups is 1. The van der Waals surface area contributed by atoms with Crippen LogP contribution in [-0.4, -0.2) is 55.4 Å². The Hall–Kier alpha value is -1.54. The lowest BCUT2D eigenvalue weighted by Crippen LogP contribution is -2.38. The minimum atomic E-state index is -3.07. The number of thioether (sulfide) groups is 1. The molecular formula is C20H29N3O3S2. The van der Waals surface area contributed by atoms with Gasteiger partial charge in [0.15, 0.2) is 15.0 Å². The Balaban J connectivity index is 2.03. The number of aliphatic imine (C=N–C) groups is 1. The van der Waals surface area contributed by atoms with Crippen molar-refractivity contribution in [3.63, 3.8) is 0 Å². The predicted molar refractivity (Wildman–Crippen MR) is 118 cm³/mol. The maximum atomic E-state index is 12.3. The highest BCUT2D eigenvalue weighted by molar-refractivity contribution is 8.16. The van der Waals surface area contributed by atoms with Crippen LogP contribution in [0.25, 0.3) is 0 Å². The van der Waals surface area contributed by atoms with Crippen molar-refractivity contribution in [1.29, 1.82) is 0 Å². The average Bonchev–Trinajstić information content (AvgIpc) is 3.07. The number of amides is 1. The van der Waals surface area contributed by atoms with Gasteiger partial charge < -0.3 is 9.80 Å². The van der Waals surface area contributed by atoms with Crippen LogP contribution in [-0.2, 0) is 14.6 Å². The van der Waals surface area contributed by atoms with Crippen LogP contribution >= 0.6 is 11.8 Å². The quantitative estimate of drug-likeness (QED) is 0.725. The molecule has 0 saturated carbocycles. The van der Waals surface area contributed by atoms with Gasteiger partial charge >= 0.3 is 0 Å². The monoisotopic (exact) mass is 423 g/mol. The molecule has 154 valence electrons. The van der Waals surface area contributed by atoms with Gasteiger partial charge in [-0.15, -0.1) is 0 Å². The Morgan fingerprint density at radius 3 is 2.54 bits per heavy atom. The predicted octanol–water partition coefficient (Wildman–Crippen LogP) is 3.10. The maximum absolute atomic E-state index is 12.3. The number of hydrogen-bond acceptors (Lipinski definition) is 5. The third-order valence-electron chi connectivity index (χ3n) is 5.33. The SMILES string of the molecule is CCN(CC)c1ccc(N2C(=NC(=O)C(C)C)S[C@H]3CS(=O)(=O)C[C@H]32)c(C)c1. The summed E-state index contributed by atoms with van der Waals surface area (Å²) in [6, 6.07) is 6.06. The van der Waals surface area contributed by atoms with Gasteiger partial charge in [0.1, 0.15) is 0 Å². The highest BCUT2D eigenvalue weighted by Crippen LogP contribution is 2.42. The van der Waals surface area contributed by atoms with Gasteiger partial charge in [-0.3, -0.25) is 4.79 Å². The molecule has 2 atom stereocenters. The van der Waals surface area contributed by atoms with E-state index in [4.69, 9.17) is 0 Å². The van der Waals surface area contributed by atoms with Crippen LogP contribution < -0.4 is 9.80 Å². The zero-order valence-corrected chi connectivity index (χ0v) is 18.8. The fourth-order valence-corrected chi connectivity index (χ4v) is 7.68. The molecule has 2 saturated heterocycles. The third-order valence-corrected chi connectivity index (χ3v) is 8.54.